The Morgan fingerprint density at radius 2 is 1.89 bits per heavy atom. The molecule has 1 aromatic heterocycles. The van der Waals surface area contributed by atoms with Crippen LogP contribution in [-0.2, 0) is 9.59 Å². The van der Waals surface area contributed by atoms with Crippen LogP contribution in [0.1, 0.15) is 22.5 Å². The summed E-state index contributed by atoms with van der Waals surface area (Å²) >= 11 is 0.713. The van der Waals surface area contributed by atoms with E-state index in [-0.39, 0.29) is 10.6 Å². The Bertz CT molecular complexity index is 1410. The summed E-state index contributed by atoms with van der Waals surface area (Å²) in [4.78, 5) is 49.4. The highest BCUT2D eigenvalue weighted by Gasteiger charge is 2.36. The number of carbonyl (C=O) groups is 3. The van der Waals surface area contributed by atoms with Gasteiger partial charge in [-0.05, 0) is 61.9 Å². The van der Waals surface area contributed by atoms with Crippen LogP contribution in [0.15, 0.2) is 57.9 Å². The van der Waals surface area contributed by atoms with E-state index in [1.807, 2.05) is 26.0 Å². The van der Waals surface area contributed by atoms with Gasteiger partial charge in [0.1, 0.15) is 18.1 Å². The lowest BCUT2D eigenvalue weighted by Gasteiger charge is -2.14. The quantitative estimate of drug-likeness (QED) is 0.276. The monoisotopic (exact) mass is 491 g/mol. The molecule has 0 unspecified atom stereocenters. The van der Waals surface area contributed by atoms with Crippen LogP contribution in [-0.4, -0.2) is 33.4 Å². The number of nitrogens with zero attached hydrogens (tertiary/aromatic N) is 2. The van der Waals surface area contributed by atoms with Crippen LogP contribution < -0.4 is 5.32 Å². The van der Waals surface area contributed by atoms with E-state index in [2.05, 4.69) is 5.32 Å². The minimum Gasteiger partial charge on any atom is -0.457 e. The number of thioether (sulfide) groups is 1. The zero-order valence-electron chi connectivity index (χ0n) is 19.2. The first-order valence-corrected chi connectivity index (χ1v) is 11.4. The largest absolute Gasteiger partial charge is 0.457 e. The van der Waals surface area contributed by atoms with Crippen molar-refractivity contribution in [2.75, 3.05) is 11.9 Å². The average molecular weight is 492 g/mol. The number of nitro groups is 1. The number of hydrogen-bond acceptors (Lipinski definition) is 7. The molecule has 2 heterocycles. The van der Waals surface area contributed by atoms with Gasteiger partial charge in [0.25, 0.3) is 16.8 Å². The van der Waals surface area contributed by atoms with Crippen molar-refractivity contribution in [1.82, 2.24) is 4.90 Å². The molecule has 1 aliphatic heterocycles. The van der Waals surface area contributed by atoms with Gasteiger partial charge in [0.2, 0.25) is 5.91 Å². The van der Waals surface area contributed by atoms with Crippen molar-refractivity contribution in [2.45, 2.75) is 20.8 Å². The van der Waals surface area contributed by atoms with Crippen LogP contribution in [0.25, 0.3) is 17.4 Å². The van der Waals surface area contributed by atoms with Crippen molar-refractivity contribution in [3.05, 3.63) is 86.0 Å². The molecule has 3 aromatic rings. The average Bonchev–Trinajstić information content (AvgIpc) is 3.37. The number of hydrogen-bond donors (Lipinski definition) is 1. The molecule has 35 heavy (non-hydrogen) atoms. The summed E-state index contributed by atoms with van der Waals surface area (Å²) in [5, 5.41) is 13.4. The molecule has 0 saturated carbocycles. The Labute approximate surface area is 204 Å². The topological polar surface area (TPSA) is 123 Å². The Balaban J connectivity index is 1.48. The van der Waals surface area contributed by atoms with Gasteiger partial charge in [0.15, 0.2) is 0 Å². The van der Waals surface area contributed by atoms with Crippen LogP contribution in [0, 0.1) is 30.9 Å². The van der Waals surface area contributed by atoms with E-state index in [4.69, 9.17) is 4.42 Å². The molecule has 1 fully saturated rings. The third-order valence-electron chi connectivity index (χ3n) is 5.64. The molecule has 0 aliphatic carbocycles. The van der Waals surface area contributed by atoms with Crippen molar-refractivity contribution in [2.24, 2.45) is 0 Å². The summed E-state index contributed by atoms with van der Waals surface area (Å²) in [6.45, 7) is 5.03. The summed E-state index contributed by atoms with van der Waals surface area (Å²) < 4.78 is 5.74. The molecule has 0 bridgehead atoms. The molecule has 0 atom stereocenters. The van der Waals surface area contributed by atoms with Crippen molar-refractivity contribution in [3.63, 3.8) is 0 Å². The summed E-state index contributed by atoms with van der Waals surface area (Å²) in [6, 6.07) is 13.5. The van der Waals surface area contributed by atoms with Crippen molar-refractivity contribution in [1.29, 1.82) is 0 Å². The van der Waals surface area contributed by atoms with Gasteiger partial charge in [-0.15, -0.1) is 0 Å². The molecular weight excluding hydrogens is 470 g/mol. The molecule has 9 nitrogen and oxygen atoms in total. The highest BCUT2D eigenvalue weighted by Crippen LogP contribution is 2.34. The van der Waals surface area contributed by atoms with Gasteiger partial charge in [-0.25, -0.2) is 0 Å². The van der Waals surface area contributed by atoms with E-state index in [1.165, 1.54) is 12.1 Å². The molecule has 10 heteroatoms. The highest BCUT2D eigenvalue weighted by atomic mass is 32.2. The maximum atomic E-state index is 12.8. The van der Waals surface area contributed by atoms with Crippen LogP contribution in [0.4, 0.5) is 16.2 Å². The van der Waals surface area contributed by atoms with Crippen molar-refractivity contribution < 1.29 is 23.7 Å². The van der Waals surface area contributed by atoms with Crippen molar-refractivity contribution in [3.8, 4) is 11.3 Å². The number of amides is 3. The number of aryl methyl sites for hydroxylation is 2. The molecule has 3 amide bonds. The smallest absolute Gasteiger partial charge is 0.294 e. The molecule has 0 radical (unpaired) electrons. The third-order valence-corrected chi connectivity index (χ3v) is 6.55. The second-order valence-electron chi connectivity index (χ2n) is 8.02. The fraction of sp³-hybridized carbons (Fsp3) is 0.160. The number of benzene rings is 2. The maximum Gasteiger partial charge on any atom is 0.294 e. The van der Waals surface area contributed by atoms with E-state index >= 15 is 0 Å². The fourth-order valence-electron chi connectivity index (χ4n) is 3.53. The lowest BCUT2D eigenvalue weighted by atomic mass is 10.1. The number of rotatable bonds is 6. The van der Waals surface area contributed by atoms with Gasteiger partial charge >= 0.3 is 0 Å². The lowest BCUT2D eigenvalue weighted by Crippen LogP contribution is -2.36. The van der Waals surface area contributed by atoms with Crippen LogP contribution in [0.3, 0.4) is 0 Å². The molecular formula is C25H21N3O6S. The standard InChI is InChI=1S/C25H21N3O6S/c1-14-5-4-6-19(16(14)3)26-23(29)13-27-24(30)22(35-25(27)31)12-18-9-10-21(34-18)17-8-7-15(2)20(11-17)28(32)33/h4-12H,13H2,1-3H3,(H,26,29)/b22-12+. The Morgan fingerprint density at radius 1 is 1.11 bits per heavy atom. The SMILES string of the molecule is Cc1ccc(-c2ccc(/C=C3/SC(=O)N(CC(=O)Nc4cccc(C)c4C)C3=O)o2)cc1[N+](=O)[O-]. The summed E-state index contributed by atoms with van der Waals surface area (Å²) in [5.41, 5.74) is 3.55. The number of carbonyl (C=O) groups excluding carboxylic acids is 3. The maximum absolute atomic E-state index is 12.8. The first-order chi connectivity index (χ1) is 16.6. The van der Waals surface area contributed by atoms with E-state index in [0.717, 1.165) is 16.0 Å². The summed E-state index contributed by atoms with van der Waals surface area (Å²) in [7, 11) is 0. The predicted molar refractivity (Wildman–Crippen MR) is 133 cm³/mol. The van der Waals surface area contributed by atoms with Crippen LogP contribution >= 0.6 is 11.8 Å². The molecule has 2 aromatic carbocycles. The van der Waals surface area contributed by atoms with E-state index < -0.39 is 28.5 Å². The van der Waals surface area contributed by atoms with Gasteiger partial charge in [-0.1, -0.05) is 24.3 Å². The highest BCUT2D eigenvalue weighted by molar-refractivity contribution is 8.18. The van der Waals surface area contributed by atoms with E-state index in [0.29, 0.717) is 40.1 Å². The zero-order valence-corrected chi connectivity index (χ0v) is 20.0. The van der Waals surface area contributed by atoms with Crippen molar-refractivity contribution >= 4 is 46.3 Å². The minimum absolute atomic E-state index is 0.0271. The van der Waals surface area contributed by atoms with E-state index in [9.17, 15) is 24.5 Å². The normalized spacial score (nSPS) is 14.6. The van der Waals surface area contributed by atoms with Crippen LogP contribution in [0.2, 0.25) is 0 Å². The fourth-order valence-corrected chi connectivity index (χ4v) is 4.35. The van der Waals surface area contributed by atoms with Gasteiger partial charge in [-0.2, -0.15) is 0 Å². The number of imide groups is 1. The molecule has 1 N–H and O–H groups in total. The predicted octanol–water partition coefficient (Wildman–Crippen LogP) is 5.46. The van der Waals surface area contributed by atoms with E-state index in [1.54, 1.807) is 37.3 Å². The number of nitrogens with one attached hydrogen (secondary N) is 1. The molecule has 1 aliphatic rings. The summed E-state index contributed by atoms with van der Waals surface area (Å²) in [6.07, 6.45) is 1.42. The molecule has 0 spiro atoms. The molecule has 178 valence electrons. The zero-order chi connectivity index (χ0) is 25.3. The number of nitro benzene ring substituents is 1. The van der Waals surface area contributed by atoms with Gasteiger partial charge < -0.3 is 9.73 Å². The van der Waals surface area contributed by atoms with Crippen LogP contribution in [0.5, 0.6) is 0 Å². The first kappa shape index (κ1) is 24.0. The summed E-state index contributed by atoms with van der Waals surface area (Å²) in [5.74, 6) is -0.399. The lowest BCUT2D eigenvalue weighted by molar-refractivity contribution is -0.385. The Kier molecular flexibility index (Phi) is 6.57. The van der Waals surface area contributed by atoms with Gasteiger partial charge in [-0.3, -0.25) is 29.4 Å². The Hall–Kier alpha value is -4.18. The molecule has 1 saturated heterocycles. The second-order valence-corrected chi connectivity index (χ2v) is 9.02. The second kappa shape index (κ2) is 9.59. The minimum atomic E-state index is -0.597. The first-order valence-electron chi connectivity index (χ1n) is 10.6. The van der Waals surface area contributed by atoms with Gasteiger partial charge in [0.05, 0.1) is 9.83 Å². The Morgan fingerprint density at radius 3 is 2.63 bits per heavy atom. The van der Waals surface area contributed by atoms with Gasteiger partial charge in [0, 0.05) is 29.0 Å². The number of furan rings is 1. The number of anilines is 1. The third kappa shape index (κ3) is 5.02. The molecule has 4 rings (SSSR count).